The van der Waals surface area contributed by atoms with Crippen molar-refractivity contribution in [2.45, 2.75) is 26.3 Å². The van der Waals surface area contributed by atoms with Crippen molar-refractivity contribution in [3.05, 3.63) is 23.3 Å². The van der Waals surface area contributed by atoms with Gasteiger partial charge in [-0.2, -0.15) is 11.8 Å². The summed E-state index contributed by atoms with van der Waals surface area (Å²) in [5.74, 6) is 2.39. The predicted molar refractivity (Wildman–Crippen MR) is 79.9 cm³/mol. The van der Waals surface area contributed by atoms with Crippen LogP contribution in [0.1, 0.15) is 17.5 Å². The van der Waals surface area contributed by atoms with Crippen LogP contribution >= 0.6 is 11.8 Å². The number of anilines is 1. The summed E-state index contributed by atoms with van der Waals surface area (Å²) in [7, 11) is 0. The highest BCUT2D eigenvalue weighted by Crippen LogP contribution is 2.25. The molecule has 0 aliphatic carbocycles. The molecule has 1 aromatic carbocycles. The average molecular weight is 280 g/mol. The van der Waals surface area contributed by atoms with E-state index >= 15 is 0 Å². The van der Waals surface area contributed by atoms with Crippen molar-refractivity contribution in [2.75, 3.05) is 23.4 Å². The zero-order chi connectivity index (χ0) is 13.8. The second-order valence-electron chi connectivity index (χ2n) is 4.93. The monoisotopic (exact) mass is 280 g/mol. The lowest BCUT2D eigenvalue weighted by Crippen LogP contribution is -2.39. The maximum absolute atomic E-state index is 12.0. The van der Waals surface area contributed by atoms with Crippen LogP contribution in [0.2, 0.25) is 0 Å². The number of hydrogen-bond acceptors (Lipinski definition) is 4. The van der Waals surface area contributed by atoms with E-state index in [1.54, 1.807) is 6.07 Å². The Morgan fingerprint density at radius 2 is 2.26 bits per heavy atom. The Bertz CT molecular complexity index is 471. The third-order valence-electron chi connectivity index (χ3n) is 3.25. The third-order valence-corrected chi connectivity index (χ3v) is 4.38. The summed E-state index contributed by atoms with van der Waals surface area (Å²) in [5.41, 5.74) is 2.43. The molecule has 0 radical (unpaired) electrons. The number of carbonyl (C=O) groups is 1. The maximum Gasteiger partial charge on any atom is 0.225 e. The molecule has 1 heterocycles. The van der Waals surface area contributed by atoms with E-state index in [-0.39, 0.29) is 17.7 Å². The van der Waals surface area contributed by atoms with Gasteiger partial charge in [-0.15, -0.1) is 0 Å². The van der Waals surface area contributed by atoms with Gasteiger partial charge in [-0.25, -0.2) is 0 Å². The van der Waals surface area contributed by atoms with E-state index in [0.29, 0.717) is 6.42 Å². The first kappa shape index (κ1) is 14.2. The minimum atomic E-state index is 0.0215. The summed E-state index contributed by atoms with van der Waals surface area (Å²) >= 11 is 1.88. The number of aromatic hydroxyl groups is 1. The lowest BCUT2D eigenvalue weighted by molar-refractivity contribution is -0.116. The molecule has 3 N–H and O–H groups in total. The topological polar surface area (TPSA) is 61.4 Å². The van der Waals surface area contributed by atoms with Crippen LogP contribution < -0.4 is 10.6 Å². The fourth-order valence-corrected chi connectivity index (χ4v) is 3.06. The minimum Gasteiger partial charge on any atom is -0.508 e. The molecule has 0 aromatic heterocycles. The Labute approximate surface area is 118 Å². The molecule has 0 saturated carbocycles. The van der Waals surface area contributed by atoms with E-state index in [1.807, 2.05) is 31.7 Å². The highest BCUT2D eigenvalue weighted by atomic mass is 32.2. The normalized spacial score (nSPS) is 19.2. The predicted octanol–water partition coefficient (Wildman–Crippen LogP) is 2.04. The van der Waals surface area contributed by atoms with Gasteiger partial charge in [0.05, 0.1) is 0 Å². The number of thioether (sulfide) groups is 1. The molecule has 0 spiro atoms. The molecule has 2 rings (SSSR count). The van der Waals surface area contributed by atoms with Gasteiger partial charge in [0.1, 0.15) is 5.75 Å². The fourth-order valence-electron chi connectivity index (χ4n) is 2.11. The molecule has 19 heavy (non-hydrogen) atoms. The van der Waals surface area contributed by atoms with E-state index in [9.17, 15) is 9.90 Å². The zero-order valence-electron chi connectivity index (χ0n) is 11.3. The number of phenolic OH excluding ortho intramolecular Hbond substituents is 1. The van der Waals surface area contributed by atoms with Gasteiger partial charge in [-0.3, -0.25) is 4.79 Å². The van der Waals surface area contributed by atoms with Gasteiger partial charge in [-0.05, 0) is 37.1 Å². The van der Waals surface area contributed by atoms with Crippen LogP contribution in [0, 0.1) is 13.8 Å². The van der Waals surface area contributed by atoms with Crippen LogP contribution in [-0.2, 0) is 4.79 Å². The number of rotatable bonds is 3. The Morgan fingerprint density at radius 1 is 1.47 bits per heavy atom. The maximum atomic E-state index is 12.0. The van der Waals surface area contributed by atoms with Crippen LogP contribution in [0.25, 0.3) is 0 Å². The Kier molecular flexibility index (Phi) is 4.71. The Morgan fingerprint density at radius 3 is 2.95 bits per heavy atom. The molecule has 1 atom stereocenters. The first-order chi connectivity index (χ1) is 9.06. The van der Waals surface area contributed by atoms with Gasteiger partial charge in [-0.1, -0.05) is 0 Å². The lowest BCUT2D eigenvalue weighted by Gasteiger charge is -2.22. The number of aryl methyl sites for hydroxylation is 2. The van der Waals surface area contributed by atoms with Crippen molar-refractivity contribution >= 4 is 23.4 Å². The summed E-state index contributed by atoms with van der Waals surface area (Å²) in [6.07, 6.45) is 0.492. The van der Waals surface area contributed by atoms with Gasteiger partial charge in [0.2, 0.25) is 5.91 Å². The van der Waals surface area contributed by atoms with Crippen molar-refractivity contribution in [3.63, 3.8) is 0 Å². The summed E-state index contributed by atoms with van der Waals surface area (Å²) in [6, 6.07) is 3.75. The fraction of sp³-hybridized carbons (Fsp3) is 0.500. The Hall–Kier alpha value is -1.20. The molecule has 1 aliphatic rings. The van der Waals surface area contributed by atoms with Crippen LogP contribution in [0.3, 0.4) is 0 Å². The summed E-state index contributed by atoms with van der Waals surface area (Å²) in [6.45, 7) is 4.67. The minimum absolute atomic E-state index is 0.0215. The standard InChI is InChI=1S/C14H20N2O2S/c1-9-6-13(17)10(2)5-12(9)16-14(18)7-11-8-19-4-3-15-11/h5-6,11,15,17H,3-4,7-8H2,1-2H3,(H,16,18). The lowest BCUT2D eigenvalue weighted by atomic mass is 10.1. The number of nitrogens with one attached hydrogen (secondary N) is 2. The molecule has 1 fully saturated rings. The second kappa shape index (κ2) is 6.30. The van der Waals surface area contributed by atoms with Crippen LogP contribution in [0.15, 0.2) is 12.1 Å². The molecule has 1 aromatic rings. The SMILES string of the molecule is Cc1cc(NC(=O)CC2CSCCN2)c(C)cc1O. The van der Waals surface area contributed by atoms with E-state index in [1.165, 1.54) is 0 Å². The number of benzene rings is 1. The van der Waals surface area contributed by atoms with Crippen LogP contribution in [-0.4, -0.2) is 35.1 Å². The first-order valence-corrected chi connectivity index (χ1v) is 7.63. The van der Waals surface area contributed by atoms with Crippen molar-refractivity contribution in [3.8, 4) is 5.75 Å². The van der Waals surface area contributed by atoms with Crippen LogP contribution in [0.4, 0.5) is 5.69 Å². The number of amides is 1. The smallest absolute Gasteiger partial charge is 0.225 e. The van der Waals surface area contributed by atoms with Gasteiger partial charge in [0, 0.05) is 36.2 Å². The van der Waals surface area contributed by atoms with E-state index in [2.05, 4.69) is 10.6 Å². The largest absolute Gasteiger partial charge is 0.508 e. The van der Waals surface area contributed by atoms with E-state index < -0.39 is 0 Å². The van der Waals surface area contributed by atoms with Gasteiger partial charge < -0.3 is 15.7 Å². The molecule has 5 heteroatoms. The van der Waals surface area contributed by atoms with Gasteiger partial charge in [0.25, 0.3) is 0 Å². The number of carbonyl (C=O) groups excluding carboxylic acids is 1. The van der Waals surface area contributed by atoms with Crippen molar-refractivity contribution in [1.82, 2.24) is 5.32 Å². The van der Waals surface area contributed by atoms with E-state index in [0.717, 1.165) is 34.9 Å². The van der Waals surface area contributed by atoms with E-state index in [4.69, 9.17) is 0 Å². The molecular weight excluding hydrogens is 260 g/mol. The molecule has 4 nitrogen and oxygen atoms in total. The van der Waals surface area contributed by atoms with Crippen molar-refractivity contribution < 1.29 is 9.90 Å². The Balaban J connectivity index is 1.96. The number of phenols is 1. The summed E-state index contributed by atoms with van der Waals surface area (Å²) in [5, 5.41) is 15.9. The highest BCUT2D eigenvalue weighted by Gasteiger charge is 2.17. The molecular formula is C14H20N2O2S. The third kappa shape index (κ3) is 3.88. The van der Waals surface area contributed by atoms with Crippen LogP contribution in [0.5, 0.6) is 5.75 Å². The first-order valence-electron chi connectivity index (χ1n) is 6.47. The molecule has 1 saturated heterocycles. The molecule has 1 aliphatic heterocycles. The molecule has 0 bridgehead atoms. The molecule has 104 valence electrons. The van der Waals surface area contributed by atoms with Crippen molar-refractivity contribution in [1.29, 1.82) is 0 Å². The molecule has 1 unspecified atom stereocenters. The average Bonchev–Trinajstić information content (AvgIpc) is 2.37. The highest BCUT2D eigenvalue weighted by molar-refractivity contribution is 7.99. The quantitative estimate of drug-likeness (QED) is 0.742. The summed E-state index contributed by atoms with van der Waals surface area (Å²) < 4.78 is 0. The summed E-state index contributed by atoms with van der Waals surface area (Å²) in [4.78, 5) is 12.0. The van der Waals surface area contributed by atoms with Crippen molar-refractivity contribution in [2.24, 2.45) is 0 Å². The van der Waals surface area contributed by atoms with Gasteiger partial charge >= 0.3 is 0 Å². The number of hydrogen-bond donors (Lipinski definition) is 3. The zero-order valence-corrected chi connectivity index (χ0v) is 12.1. The molecule has 1 amide bonds. The second-order valence-corrected chi connectivity index (χ2v) is 6.08. The van der Waals surface area contributed by atoms with Gasteiger partial charge in [0.15, 0.2) is 0 Å².